The number of aromatic nitrogens is 1. The summed E-state index contributed by atoms with van der Waals surface area (Å²) in [5, 5.41) is 11.5. The minimum atomic E-state index is -0.215. The standard InChI is InChI=1S/C20H18N4O/c1-2-14-15-5-3-4-6-17(15)23-19(12-7-9-13(25)10-8-12)16-11-22-20(24-21)18(14)16/h2-11,19,22,24-25H,1,21H2. The second kappa shape index (κ2) is 5.96. The number of anilines is 1. The van der Waals surface area contributed by atoms with E-state index in [2.05, 4.69) is 17.0 Å². The third kappa shape index (κ3) is 2.42. The van der Waals surface area contributed by atoms with Crippen LogP contribution >= 0.6 is 0 Å². The van der Waals surface area contributed by atoms with Gasteiger partial charge in [0.25, 0.3) is 0 Å². The molecule has 25 heavy (non-hydrogen) atoms. The van der Waals surface area contributed by atoms with Crippen molar-refractivity contribution in [2.45, 2.75) is 6.04 Å². The fourth-order valence-electron chi connectivity index (χ4n) is 3.34. The molecule has 0 saturated carbocycles. The first-order valence-corrected chi connectivity index (χ1v) is 7.99. The average molecular weight is 330 g/mol. The number of H-pyrrole nitrogens is 1. The number of nitrogen functional groups attached to an aromatic ring is 1. The van der Waals surface area contributed by atoms with E-state index in [4.69, 9.17) is 10.8 Å². The highest BCUT2D eigenvalue weighted by Crippen LogP contribution is 2.36. The molecular weight excluding hydrogens is 312 g/mol. The molecule has 0 amide bonds. The smallest absolute Gasteiger partial charge is 0.125 e. The molecule has 0 saturated heterocycles. The van der Waals surface area contributed by atoms with Crippen LogP contribution in [-0.2, 0) is 0 Å². The lowest BCUT2D eigenvalue weighted by atomic mass is 9.94. The number of benzene rings is 2. The molecule has 3 aromatic rings. The lowest BCUT2D eigenvalue weighted by Gasteiger charge is -2.14. The normalized spacial score (nSPS) is 15.6. The fourth-order valence-corrected chi connectivity index (χ4v) is 3.34. The predicted molar refractivity (Wildman–Crippen MR) is 98.5 cm³/mol. The Morgan fingerprint density at radius 1 is 1.16 bits per heavy atom. The zero-order valence-electron chi connectivity index (χ0n) is 13.5. The minimum Gasteiger partial charge on any atom is -0.508 e. The van der Waals surface area contributed by atoms with Crippen molar-refractivity contribution in [1.82, 2.24) is 4.98 Å². The number of nitrogens with two attached hydrogens (primary N) is 1. The first-order valence-electron chi connectivity index (χ1n) is 7.99. The van der Waals surface area contributed by atoms with Crippen molar-refractivity contribution in [2.24, 2.45) is 10.8 Å². The van der Waals surface area contributed by atoms with Crippen LogP contribution in [0.25, 0.3) is 5.57 Å². The Bertz CT molecular complexity index is 1060. The van der Waals surface area contributed by atoms with Crippen molar-refractivity contribution >= 4 is 11.4 Å². The molecule has 0 bridgehead atoms. The zero-order valence-corrected chi connectivity index (χ0v) is 13.5. The molecule has 0 aliphatic carbocycles. The summed E-state index contributed by atoms with van der Waals surface area (Å²) in [7, 11) is 0. The highest BCUT2D eigenvalue weighted by atomic mass is 16.3. The van der Waals surface area contributed by atoms with Gasteiger partial charge in [-0.1, -0.05) is 43.0 Å². The van der Waals surface area contributed by atoms with E-state index in [0.29, 0.717) is 0 Å². The van der Waals surface area contributed by atoms with Gasteiger partial charge >= 0.3 is 0 Å². The molecule has 5 heteroatoms. The van der Waals surface area contributed by atoms with Gasteiger partial charge in [0.1, 0.15) is 17.6 Å². The number of nitrogens with one attached hydrogen (secondary N) is 2. The summed E-state index contributed by atoms with van der Waals surface area (Å²) in [4.78, 5) is 8.17. The summed E-state index contributed by atoms with van der Waals surface area (Å²) in [6.07, 6.45) is 3.75. The number of para-hydroxylation sites is 1. The van der Waals surface area contributed by atoms with Gasteiger partial charge in [0, 0.05) is 22.5 Å². The molecule has 0 spiro atoms. The number of allylic oxidation sites excluding steroid dienone is 1. The quantitative estimate of drug-likeness (QED) is 0.438. The predicted octanol–water partition coefficient (Wildman–Crippen LogP) is 2.11. The maximum absolute atomic E-state index is 9.61. The van der Waals surface area contributed by atoms with Crippen LogP contribution in [0, 0.1) is 0 Å². The second-order valence-corrected chi connectivity index (χ2v) is 5.90. The molecule has 0 radical (unpaired) electrons. The molecule has 1 atom stereocenters. The number of rotatable bonds is 3. The Morgan fingerprint density at radius 3 is 2.64 bits per heavy atom. The van der Waals surface area contributed by atoms with E-state index in [9.17, 15) is 5.11 Å². The van der Waals surface area contributed by atoms with E-state index in [1.165, 1.54) is 0 Å². The van der Waals surface area contributed by atoms with Gasteiger partial charge in [0.05, 0.1) is 5.36 Å². The summed E-state index contributed by atoms with van der Waals surface area (Å²) in [6, 6.07) is 14.9. The lowest BCUT2D eigenvalue weighted by Crippen LogP contribution is -2.26. The Hall–Kier alpha value is -3.31. The van der Waals surface area contributed by atoms with Crippen molar-refractivity contribution < 1.29 is 5.11 Å². The number of phenolic OH excluding ortho intramolecular Hbond substituents is 1. The molecule has 124 valence electrons. The fraction of sp³-hybridized carbons (Fsp3) is 0.0500. The van der Waals surface area contributed by atoms with E-state index >= 15 is 0 Å². The van der Waals surface area contributed by atoms with Crippen LogP contribution in [0.15, 0.2) is 72.4 Å². The highest BCUT2D eigenvalue weighted by molar-refractivity contribution is 5.83. The topological polar surface area (TPSA) is 86.4 Å². The summed E-state index contributed by atoms with van der Waals surface area (Å²) in [6.45, 7) is 3.99. The third-order valence-corrected chi connectivity index (χ3v) is 4.49. The molecule has 1 aromatic heterocycles. The number of aromatic amines is 1. The first-order chi connectivity index (χ1) is 12.2. The second-order valence-electron chi connectivity index (χ2n) is 5.90. The number of hydrazine groups is 1. The molecule has 2 aromatic carbocycles. The van der Waals surface area contributed by atoms with Gasteiger partial charge in [0.15, 0.2) is 0 Å². The SMILES string of the molecule is C=CC1=c2ccccc2=NC(c2ccc(O)cc2)c2c[nH]c(NN)c21. The van der Waals surface area contributed by atoms with Crippen LogP contribution in [0.5, 0.6) is 5.75 Å². The summed E-state index contributed by atoms with van der Waals surface area (Å²) in [5.41, 5.74) is 6.66. The van der Waals surface area contributed by atoms with Crippen molar-refractivity contribution in [3.63, 3.8) is 0 Å². The Morgan fingerprint density at radius 2 is 1.92 bits per heavy atom. The molecule has 1 aliphatic rings. The number of fused-ring (bicyclic) bond motifs is 2. The molecule has 5 nitrogen and oxygen atoms in total. The van der Waals surface area contributed by atoms with Crippen molar-refractivity contribution in [2.75, 3.05) is 5.43 Å². The van der Waals surface area contributed by atoms with Gasteiger partial charge in [-0.05, 0) is 29.3 Å². The van der Waals surface area contributed by atoms with Crippen LogP contribution in [0.4, 0.5) is 5.82 Å². The van der Waals surface area contributed by atoms with Crippen LogP contribution < -0.4 is 21.8 Å². The minimum absolute atomic E-state index is 0.215. The molecule has 2 heterocycles. The first kappa shape index (κ1) is 15.2. The van der Waals surface area contributed by atoms with E-state index in [1.54, 1.807) is 12.1 Å². The van der Waals surface area contributed by atoms with Crippen LogP contribution in [0.2, 0.25) is 0 Å². The van der Waals surface area contributed by atoms with Crippen molar-refractivity contribution in [1.29, 1.82) is 0 Å². The van der Waals surface area contributed by atoms with E-state index in [1.807, 2.05) is 48.7 Å². The maximum atomic E-state index is 9.61. The Labute approximate surface area is 144 Å². The van der Waals surface area contributed by atoms with Crippen LogP contribution in [0.3, 0.4) is 0 Å². The molecule has 5 N–H and O–H groups in total. The third-order valence-electron chi connectivity index (χ3n) is 4.49. The van der Waals surface area contributed by atoms with Crippen LogP contribution in [0.1, 0.15) is 22.7 Å². The lowest BCUT2D eigenvalue weighted by molar-refractivity contribution is 0.475. The largest absolute Gasteiger partial charge is 0.508 e. The maximum Gasteiger partial charge on any atom is 0.125 e. The monoisotopic (exact) mass is 330 g/mol. The van der Waals surface area contributed by atoms with Gasteiger partial charge < -0.3 is 15.5 Å². The van der Waals surface area contributed by atoms with E-state index in [0.717, 1.165) is 38.7 Å². The average Bonchev–Trinajstić information content (AvgIpc) is 3.00. The van der Waals surface area contributed by atoms with Gasteiger partial charge in [-0.15, -0.1) is 0 Å². The van der Waals surface area contributed by atoms with E-state index < -0.39 is 0 Å². The number of phenols is 1. The van der Waals surface area contributed by atoms with Crippen molar-refractivity contribution in [3.05, 3.63) is 94.6 Å². The Kier molecular flexibility index (Phi) is 3.63. The number of hydrogen-bond donors (Lipinski definition) is 4. The number of aromatic hydroxyl groups is 1. The molecule has 1 aliphatic heterocycles. The van der Waals surface area contributed by atoms with Gasteiger partial charge in [-0.3, -0.25) is 4.99 Å². The van der Waals surface area contributed by atoms with E-state index in [-0.39, 0.29) is 11.8 Å². The molecule has 1 unspecified atom stereocenters. The van der Waals surface area contributed by atoms with Gasteiger partial charge in [-0.25, -0.2) is 5.84 Å². The number of hydrogen-bond acceptors (Lipinski definition) is 4. The van der Waals surface area contributed by atoms with Crippen LogP contribution in [-0.4, -0.2) is 10.1 Å². The Balaban J connectivity index is 2.09. The summed E-state index contributed by atoms with van der Waals surface area (Å²) >= 11 is 0. The molecular formula is C20H18N4O. The van der Waals surface area contributed by atoms with Crippen molar-refractivity contribution in [3.8, 4) is 5.75 Å². The molecule has 0 fully saturated rings. The highest BCUT2D eigenvalue weighted by Gasteiger charge is 2.24. The molecule has 4 rings (SSSR count). The summed E-state index contributed by atoms with van der Waals surface area (Å²) < 4.78 is 0. The van der Waals surface area contributed by atoms with Gasteiger partial charge in [0.2, 0.25) is 0 Å². The number of nitrogens with zero attached hydrogens (tertiary/aromatic N) is 1. The summed E-state index contributed by atoms with van der Waals surface area (Å²) in [5.74, 6) is 6.67. The zero-order chi connectivity index (χ0) is 17.4. The van der Waals surface area contributed by atoms with Gasteiger partial charge in [-0.2, -0.15) is 0 Å².